The molecule has 0 saturated carbocycles. The van der Waals surface area contributed by atoms with Gasteiger partial charge in [0.05, 0.1) is 11.3 Å². The number of nitrogens with zero attached hydrogens (tertiary/aromatic N) is 3. The molecule has 0 aliphatic heterocycles. The zero-order valence-electron chi connectivity index (χ0n) is 14.9. The van der Waals surface area contributed by atoms with Gasteiger partial charge in [-0.2, -0.15) is 5.10 Å². The van der Waals surface area contributed by atoms with Crippen molar-refractivity contribution in [3.8, 4) is 0 Å². The normalized spacial score (nSPS) is 12.2. The van der Waals surface area contributed by atoms with Gasteiger partial charge in [-0.05, 0) is 32.8 Å². The lowest BCUT2D eigenvalue weighted by Crippen LogP contribution is -2.38. The molecule has 5 heteroatoms. The molecule has 0 saturated heterocycles. The Morgan fingerprint density at radius 1 is 1.33 bits per heavy atom. The third kappa shape index (κ3) is 4.02. The van der Waals surface area contributed by atoms with Gasteiger partial charge in [0, 0.05) is 30.9 Å². The average Bonchev–Trinajstić information content (AvgIpc) is 2.93. The van der Waals surface area contributed by atoms with E-state index in [1.54, 1.807) is 34.0 Å². The molecule has 2 aromatic rings. The maximum absolute atomic E-state index is 14.0. The monoisotopic (exact) mass is 331 g/mol. The second kappa shape index (κ2) is 8.08. The topological polar surface area (TPSA) is 38.1 Å². The highest BCUT2D eigenvalue weighted by molar-refractivity contribution is 5.95. The first-order valence-electron chi connectivity index (χ1n) is 8.56. The summed E-state index contributed by atoms with van der Waals surface area (Å²) in [6.07, 6.45) is 3.57. The van der Waals surface area contributed by atoms with Crippen LogP contribution in [0.1, 0.15) is 55.2 Å². The molecular formula is C19H26FN3O. The minimum Gasteiger partial charge on any atom is -0.331 e. The van der Waals surface area contributed by atoms with Gasteiger partial charge in [-0.25, -0.2) is 4.39 Å². The van der Waals surface area contributed by atoms with E-state index in [9.17, 15) is 9.18 Å². The summed E-state index contributed by atoms with van der Waals surface area (Å²) in [5, 5.41) is 4.41. The molecule has 1 amide bonds. The number of amides is 1. The van der Waals surface area contributed by atoms with Crippen molar-refractivity contribution in [2.75, 3.05) is 0 Å². The minimum absolute atomic E-state index is 0.0195. The van der Waals surface area contributed by atoms with Gasteiger partial charge in [-0.15, -0.1) is 0 Å². The predicted molar refractivity (Wildman–Crippen MR) is 93.3 cm³/mol. The lowest BCUT2D eigenvalue weighted by atomic mass is 10.1. The van der Waals surface area contributed by atoms with Crippen molar-refractivity contribution in [1.82, 2.24) is 14.7 Å². The lowest BCUT2D eigenvalue weighted by Gasteiger charge is -2.28. The van der Waals surface area contributed by atoms with Crippen LogP contribution in [0.2, 0.25) is 0 Å². The highest BCUT2D eigenvalue weighted by atomic mass is 19.1. The van der Waals surface area contributed by atoms with Crippen LogP contribution in [0.15, 0.2) is 30.5 Å². The fraction of sp³-hybridized carbons (Fsp3) is 0.474. The zero-order chi connectivity index (χ0) is 17.7. The van der Waals surface area contributed by atoms with E-state index in [4.69, 9.17) is 0 Å². The van der Waals surface area contributed by atoms with Crippen molar-refractivity contribution in [3.63, 3.8) is 0 Å². The van der Waals surface area contributed by atoms with Crippen LogP contribution in [0.3, 0.4) is 0 Å². The number of hydrogen-bond donors (Lipinski definition) is 0. The quantitative estimate of drug-likeness (QED) is 0.763. The van der Waals surface area contributed by atoms with Gasteiger partial charge in [-0.3, -0.25) is 9.48 Å². The van der Waals surface area contributed by atoms with Crippen molar-refractivity contribution in [3.05, 3.63) is 53.1 Å². The Kier molecular flexibility index (Phi) is 6.12. The van der Waals surface area contributed by atoms with Crippen LogP contribution in [0.4, 0.5) is 4.39 Å². The van der Waals surface area contributed by atoms with E-state index >= 15 is 0 Å². The van der Waals surface area contributed by atoms with Crippen molar-refractivity contribution < 1.29 is 9.18 Å². The molecule has 0 spiro atoms. The summed E-state index contributed by atoms with van der Waals surface area (Å²) in [7, 11) is 0. The zero-order valence-corrected chi connectivity index (χ0v) is 14.9. The lowest BCUT2D eigenvalue weighted by molar-refractivity contribution is 0.0668. The van der Waals surface area contributed by atoms with Crippen LogP contribution in [-0.2, 0) is 13.1 Å². The summed E-state index contributed by atoms with van der Waals surface area (Å²) in [5.41, 5.74) is 1.85. The summed E-state index contributed by atoms with van der Waals surface area (Å²) in [6.45, 7) is 8.98. The number of aryl methyl sites for hydroxylation is 2. The van der Waals surface area contributed by atoms with E-state index in [2.05, 4.69) is 12.0 Å². The number of aromatic nitrogens is 2. The molecule has 0 aliphatic carbocycles. The van der Waals surface area contributed by atoms with Crippen LogP contribution >= 0.6 is 0 Å². The van der Waals surface area contributed by atoms with E-state index in [1.807, 2.05) is 20.8 Å². The van der Waals surface area contributed by atoms with Gasteiger partial charge < -0.3 is 4.90 Å². The average molecular weight is 331 g/mol. The Bertz CT molecular complexity index is 696. The molecule has 0 aliphatic rings. The van der Waals surface area contributed by atoms with Gasteiger partial charge in [0.25, 0.3) is 5.91 Å². The SMILES string of the molecule is CCCn1cc(C(=O)N(Cc2ccccc2F)C(C)CC)c(C)n1. The number of carbonyl (C=O) groups is 1. The van der Waals surface area contributed by atoms with Crippen molar-refractivity contribution >= 4 is 5.91 Å². The van der Waals surface area contributed by atoms with E-state index in [-0.39, 0.29) is 24.3 Å². The molecule has 24 heavy (non-hydrogen) atoms. The van der Waals surface area contributed by atoms with Crippen LogP contribution < -0.4 is 0 Å². The number of hydrogen-bond acceptors (Lipinski definition) is 2. The summed E-state index contributed by atoms with van der Waals surface area (Å²) < 4.78 is 15.8. The van der Waals surface area contributed by atoms with Crippen LogP contribution in [-0.4, -0.2) is 26.6 Å². The molecule has 4 nitrogen and oxygen atoms in total. The Morgan fingerprint density at radius 2 is 2.04 bits per heavy atom. The van der Waals surface area contributed by atoms with E-state index in [0.29, 0.717) is 11.1 Å². The molecule has 1 unspecified atom stereocenters. The smallest absolute Gasteiger partial charge is 0.257 e. The number of benzene rings is 1. The first-order chi connectivity index (χ1) is 11.5. The standard InChI is InChI=1S/C19H26FN3O/c1-5-11-22-13-17(15(4)21-22)19(24)23(14(3)6-2)12-16-9-7-8-10-18(16)20/h7-10,13-14H,5-6,11-12H2,1-4H3. The molecule has 0 bridgehead atoms. The molecule has 1 aromatic carbocycles. The Hall–Kier alpha value is -2.17. The van der Waals surface area contributed by atoms with Crippen LogP contribution in [0.5, 0.6) is 0 Å². The fourth-order valence-corrected chi connectivity index (χ4v) is 2.68. The molecule has 1 heterocycles. The third-order valence-electron chi connectivity index (χ3n) is 4.31. The van der Waals surface area contributed by atoms with Crippen LogP contribution in [0, 0.1) is 12.7 Å². The van der Waals surface area contributed by atoms with Gasteiger partial charge in [0.2, 0.25) is 0 Å². The minimum atomic E-state index is -0.281. The second-order valence-electron chi connectivity index (χ2n) is 6.17. The second-order valence-corrected chi connectivity index (χ2v) is 6.17. The van der Waals surface area contributed by atoms with Crippen molar-refractivity contribution in [2.45, 2.75) is 59.7 Å². The first-order valence-corrected chi connectivity index (χ1v) is 8.56. The Morgan fingerprint density at radius 3 is 2.67 bits per heavy atom. The molecule has 1 atom stereocenters. The highest BCUT2D eigenvalue weighted by Crippen LogP contribution is 2.18. The van der Waals surface area contributed by atoms with E-state index < -0.39 is 0 Å². The number of carbonyl (C=O) groups excluding carboxylic acids is 1. The highest BCUT2D eigenvalue weighted by Gasteiger charge is 2.24. The summed E-state index contributed by atoms with van der Waals surface area (Å²) in [5.74, 6) is -0.371. The van der Waals surface area contributed by atoms with E-state index in [0.717, 1.165) is 25.1 Å². The summed E-state index contributed by atoms with van der Waals surface area (Å²) in [6, 6.07) is 6.63. The van der Waals surface area contributed by atoms with Crippen LogP contribution in [0.25, 0.3) is 0 Å². The van der Waals surface area contributed by atoms with E-state index in [1.165, 1.54) is 6.07 Å². The molecule has 0 fully saturated rings. The van der Waals surface area contributed by atoms with Gasteiger partial charge >= 0.3 is 0 Å². The molecule has 0 N–H and O–H groups in total. The van der Waals surface area contributed by atoms with Gasteiger partial charge in [-0.1, -0.05) is 32.0 Å². The maximum atomic E-state index is 14.0. The predicted octanol–water partition coefficient (Wildman–Crippen LogP) is 4.18. The van der Waals surface area contributed by atoms with Crippen molar-refractivity contribution in [2.24, 2.45) is 0 Å². The molecule has 0 radical (unpaired) electrons. The van der Waals surface area contributed by atoms with Gasteiger partial charge in [0.15, 0.2) is 0 Å². The Labute approximate surface area is 143 Å². The summed E-state index contributed by atoms with van der Waals surface area (Å²) in [4.78, 5) is 14.8. The fourth-order valence-electron chi connectivity index (χ4n) is 2.68. The largest absolute Gasteiger partial charge is 0.331 e. The third-order valence-corrected chi connectivity index (χ3v) is 4.31. The molecular weight excluding hydrogens is 305 g/mol. The molecule has 130 valence electrons. The maximum Gasteiger partial charge on any atom is 0.257 e. The number of halogens is 1. The Balaban J connectivity index is 2.30. The van der Waals surface area contributed by atoms with Gasteiger partial charge in [0.1, 0.15) is 5.82 Å². The number of rotatable bonds is 7. The van der Waals surface area contributed by atoms with Crippen molar-refractivity contribution in [1.29, 1.82) is 0 Å². The summed E-state index contributed by atoms with van der Waals surface area (Å²) >= 11 is 0. The molecule has 2 rings (SSSR count). The molecule has 1 aromatic heterocycles. The first kappa shape index (κ1) is 18.2.